The van der Waals surface area contributed by atoms with Crippen LogP contribution in [0.5, 0.6) is 0 Å². The van der Waals surface area contributed by atoms with Crippen molar-refractivity contribution >= 4 is 11.9 Å². The first-order valence-corrected chi connectivity index (χ1v) is 7.15. The van der Waals surface area contributed by atoms with Crippen LogP contribution in [0.25, 0.3) is 0 Å². The lowest BCUT2D eigenvalue weighted by atomic mass is 10.1. The Kier molecular flexibility index (Phi) is 4.09. The highest BCUT2D eigenvalue weighted by molar-refractivity contribution is 5.94. The van der Waals surface area contributed by atoms with E-state index in [0.717, 1.165) is 5.56 Å². The van der Waals surface area contributed by atoms with Gasteiger partial charge >= 0.3 is 0 Å². The van der Waals surface area contributed by atoms with Crippen molar-refractivity contribution in [3.05, 3.63) is 48.0 Å². The van der Waals surface area contributed by atoms with Crippen molar-refractivity contribution in [2.24, 2.45) is 0 Å². The summed E-state index contributed by atoms with van der Waals surface area (Å²) in [6, 6.07) is 8.55. The Morgan fingerprint density at radius 1 is 1.26 bits per heavy atom. The molecule has 23 heavy (non-hydrogen) atoms. The number of nitrogens with zero attached hydrogens (tertiary/aromatic N) is 6. The summed E-state index contributed by atoms with van der Waals surface area (Å²) in [5.74, 6) is 0.807. The molecule has 118 valence electrons. The molecule has 9 nitrogen and oxygen atoms in total. The third-order valence-electron chi connectivity index (χ3n) is 3.28. The van der Waals surface area contributed by atoms with Crippen LogP contribution >= 0.6 is 0 Å². The van der Waals surface area contributed by atoms with Crippen molar-refractivity contribution in [3.8, 4) is 0 Å². The highest BCUT2D eigenvalue weighted by Crippen LogP contribution is 2.19. The van der Waals surface area contributed by atoms with Crippen molar-refractivity contribution in [1.29, 1.82) is 0 Å². The van der Waals surface area contributed by atoms with Gasteiger partial charge in [-0.05, 0) is 16.0 Å². The van der Waals surface area contributed by atoms with Gasteiger partial charge in [0.15, 0.2) is 6.04 Å². The van der Waals surface area contributed by atoms with Crippen LogP contribution in [-0.2, 0) is 4.79 Å². The summed E-state index contributed by atoms with van der Waals surface area (Å²) in [5, 5.41) is 20.5. The number of anilines is 1. The number of benzene rings is 1. The quantitative estimate of drug-likeness (QED) is 0.730. The summed E-state index contributed by atoms with van der Waals surface area (Å²) in [6.07, 6.45) is 1.40. The van der Waals surface area contributed by atoms with Gasteiger partial charge in [-0.25, -0.2) is 4.68 Å². The Morgan fingerprint density at radius 2 is 2.04 bits per heavy atom. The van der Waals surface area contributed by atoms with Crippen LogP contribution in [0, 0.1) is 0 Å². The maximum Gasteiger partial charge on any atom is 0.256 e. The first kappa shape index (κ1) is 14.8. The molecule has 0 bridgehead atoms. The van der Waals surface area contributed by atoms with Crippen molar-refractivity contribution in [1.82, 2.24) is 35.4 Å². The lowest BCUT2D eigenvalue weighted by Gasteiger charge is -2.15. The number of aromatic amines is 1. The van der Waals surface area contributed by atoms with E-state index in [1.165, 1.54) is 11.0 Å². The molecule has 1 unspecified atom stereocenters. The molecular formula is C14H16N8O. The van der Waals surface area contributed by atoms with Crippen LogP contribution in [0.2, 0.25) is 0 Å². The van der Waals surface area contributed by atoms with Crippen molar-refractivity contribution < 1.29 is 4.79 Å². The second-order valence-electron chi connectivity index (χ2n) is 5.29. The van der Waals surface area contributed by atoms with Gasteiger partial charge in [0.1, 0.15) is 12.2 Å². The van der Waals surface area contributed by atoms with Gasteiger partial charge in [-0.1, -0.05) is 44.2 Å². The number of carbonyl (C=O) groups is 1. The molecule has 3 aromatic rings. The molecule has 0 saturated carbocycles. The number of tetrazole rings is 1. The lowest BCUT2D eigenvalue weighted by molar-refractivity contribution is -0.118. The Labute approximate surface area is 132 Å². The van der Waals surface area contributed by atoms with E-state index in [-0.39, 0.29) is 17.8 Å². The minimum Gasteiger partial charge on any atom is -0.291 e. The predicted molar refractivity (Wildman–Crippen MR) is 81.5 cm³/mol. The third-order valence-corrected chi connectivity index (χ3v) is 3.28. The molecule has 2 heterocycles. The number of carbonyl (C=O) groups excluding carboxylic acids is 1. The minimum atomic E-state index is -0.702. The lowest BCUT2D eigenvalue weighted by Crippen LogP contribution is -2.28. The number of H-pyrrole nitrogens is 1. The summed E-state index contributed by atoms with van der Waals surface area (Å²) >= 11 is 0. The third kappa shape index (κ3) is 3.23. The first-order valence-electron chi connectivity index (χ1n) is 7.15. The molecular weight excluding hydrogens is 296 g/mol. The standard InChI is InChI=1S/C14H16N8O/c1-9(2)12-16-14(19-18-12)17-13(23)11(22-8-15-20-21-22)10-6-4-3-5-7-10/h3-9,11H,1-2H3,(H2,16,17,18,19,23). The Bertz CT molecular complexity index is 765. The van der Waals surface area contributed by atoms with E-state index in [2.05, 4.69) is 36.0 Å². The first-order chi connectivity index (χ1) is 11.1. The molecule has 0 saturated heterocycles. The van der Waals surface area contributed by atoms with Crippen LogP contribution < -0.4 is 5.32 Å². The maximum atomic E-state index is 12.7. The molecule has 0 aliphatic rings. The molecule has 0 radical (unpaired) electrons. The fourth-order valence-corrected chi connectivity index (χ4v) is 2.11. The van der Waals surface area contributed by atoms with E-state index in [1.54, 1.807) is 0 Å². The molecule has 2 aromatic heterocycles. The molecule has 2 N–H and O–H groups in total. The van der Waals surface area contributed by atoms with Crippen molar-refractivity contribution in [2.45, 2.75) is 25.8 Å². The number of nitrogens with one attached hydrogen (secondary N) is 2. The highest BCUT2D eigenvalue weighted by Gasteiger charge is 2.25. The molecule has 0 aliphatic heterocycles. The van der Waals surface area contributed by atoms with Gasteiger partial charge < -0.3 is 0 Å². The van der Waals surface area contributed by atoms with E-state index in [4.69, 9.17) is 0 Å². The Hall–Kier alpha value is -3.10. The molecule has 1 amide bonds. The largest absolute Gasteiger partial charge is 0.291 e. The van der Waals surface area contributed by atoms with Gasteiger partial charge in [-0.15, -0.1) is 10.2 Å². The van der Waals surface area contributed by atoms with Crippen LogP contribution in [-0.4, -0.2) is 41.3 Å². The molecule has 9 heteroatoms. The zero-order valence-corrected chi connectivity index (χ0v) is 12.7. The summed E-state index contributed by atoms with van der Waals surface area (Å²) in [5.41, 5.74) is 0.761. The van der Waals surface area contributed by atoms with Gasteiger partial charge in [-0.3, -0.25) is 15.2 Å². The minimum absolute atomic E-state index is 0.192. The highest BCUT2D eigenvalue weighted by atomic mass is 16.2. The van der Waals surface area contributed by atoms with Gasteiger partial charge in [0.2, 0.25) is 5.95 Å². The van der Waals surface area contributed by atoms with Gasteiger partial charge in [0.05, 0.1) is 0 Å². The fraction of sp³-hybridized carbons (Fsp3) is 0.286. The zero-order valence-electron chi connectivity index (χ0n) is 12.7. The van der Waals surface area contributed by atoms with Crippen LogP contribution in [0.3, 0.4) is 0 Å². The molecule has 0 fully saturated rings. The predicted octanol–water partition coefficient (Wildman–Crippen LogP) is 1.14. The average molecular weight is 312 g/mol. The Morgan fingerprint density at radius 3 is 2.65 bits per heavy atom. The SMILES string of the molecule is CC(C)c1nc(NC(=O)C(c2ccccc2)n2cnnn2)n[nH]1. The van der Waals surface area contributed by atoms with Crippen LogP contribution in [0.1, 0.15) is 37.2 Å². The second kappa shape index (κ2) is 6.34. The van der Waals surface area contributed by atoms with Crippen molar-refractivity contribution in [3.63, 3.8) is 0 Å². The number of aromatic nitrogens is 7. The van der Waals surface area contributed by atoms with Gasteiger partial charge in [0.25, 0.3) is 5.91 Å². The summed E-state index contributed by atoms with van der Waals surface area (Å²) in [7, 11) is 0. The Balaban J connectivity index is 1.86. The molecule has 1 aromatic carbocycles. The van der Waals surface area contributed by atoms with E-state index in [0.29, 0.717) is 5.82 Å². The number of rotatable bonds is 5. The van der Waals surface area contributed by atoms with Gasteiger partial charge in [-0.2, -0.15) is 4.98 Å². The molecule has 0 spiro atoms. The van der Waals surface area contributed by atoms with E-state index in [1.807, 2.05) is 44.2 Å². The second-order valence-corrected chi connectivity index (χ2v) is 5.29. The van der Waals surface area contributed by atoms with Crippen LogP contribution in [0.15, 0.2) is 36.7 Å². The molecule has 3 rings (SSSR count). The fourth-order valence-electron chi connectivity index (χ4n) is 2.11. The molecule has 1 atom stereocenters. The topological polar surface area (TPSA) is 114 Å². The van der Waals surface area contributed by atoms with E-state index >= 15 is 0 Å². The zero-order chi connectivity index (χ0) is 16.2. The van der Waals surface area contributed by atoms with Crippen LogP contribution in [0.4, 0.5) is 5.95 Å². The number of hydrogen-bond acceptors (Lipinski definition) is 6. The summed E-state index contributed by atoms with van der Waals surface area (Å²) in [4.78, 5) is 16.9. The summed E-state index contributed by atoms with van der Waals surface area (Å²) in [6.45, 7) is 3.97. The van der Waals surface area contributed by atoms with Gasteiger partial charge in [0, 0.05) is 5.92 Å². The van der Waals surface area contributed by atoms with E-state index < -0.39 is 6.04 Å². The smallest absolute Gasteiger partial charge is 0.256 e. The summed E-state index contributed by atoms with van der Waals surface area (Å²) < 4.78 is 1.39. The monoisotopic (exact) mass is 312 g/mol. The average Bonchev–Trinajstić information content (AvgIpc) is 3.20. The van der Waals surface area contributed by atoms with Crippen molar-refractivity contribution in [2.75, 3.05) is 5.32 Å². The normalized spacial score (nSPS) is 12.3. The maximum absolute atomic E-state index is 12.7. The number of hydrogen-bond donors (Lipinski definition) is 2. The van der Waals surface area contributed by atoms with E-state index in [9.17, 15) is 4.79 Å². The number of amides is 1. The molecule has 0 aliphatic carbocycles.